The molecule has 3 nitrogen and oxygen atoms in total. The number of hydrogen-bond donors (Lipinski definition) is 0. The van der Waals surface area contributed by atoms with Crippen LogP contribution in [0.15, 0.2) is 24.3 Å². The molecular formula is C11H13IO3. The van der Waals surface area contributed by atoms with Crippen molar-refractivity contribution in [2.24, 2.45) is 0 Å². The van der Waals surface area contributed by atoms with Crippen molar-refractivity contribution in [3.63, 3.8) is 0 Å². The minimum atomic E-state index is 0.00232. The van der Waals surface area contributed by atoms with Gasteiger partial charge < -0.3 is 9.47 Å². The van der Waals surface area contributed by atoms with Gasteiger partial charge in [0, 0.05) is 16.2 Å². The fourth-order valence-electron chi connectivity index (χ4n) is 1.03. The third kappa shape index (κ3) is 4.72. The molecule has 0 spiro atoms. The molecule has 15 heavy (non-hydrogen) atoms. The molecule has 0 aliphatic carbocycles. The fourth-order valence-corrected chi connectivity index (χ4v) is 1.39. The molecule has 0 radical (unpaired) electrons. The lowest BCUT2D eigenvalue weighted by Gasteiger charge is -2.03. The molecule has 0 aliphatic heterocycles. The van der Waals surface area contributed by atoms with Crippen molar-refractivity contribution in [3.8, 4) is 0 Å². The summed E-state index contributed by atoms with van der Waals surface area (Å²) in [6.07, 6.45) is 0. The highest BCUT2D eigenvalue weighted by molar-refractivity contribution is 14.1. The van der Waals surface area contributed by atoms with E-state index in [1.54, 1.807) is 7.11 Å². The summed E-state index contributed by atoms with van der Waals surface area (Å²) in [4.78, 5) is 11.6. The molecule has 0 amide bonds. The number of ketones is 1. The highest BCUT2D eigenvalue weighted by atomic mass is 127. The number of methoxy groups -OCH3 is 1. The Morgan fingerprint density at radius 2 is 1.93 bits per heavy atom. The number of carbonyl (C=O) groups excluding carboxylic acids is 1. The van der Waals surface area contributed by atoms with Gasteiger partial charge in [0.25, 0.3) is 0 Å². The highest BCUT2D eigenvalue weighted by Crippen LogP contribution is 2.07. The van der Waals surface area contributed by atoms with Crippen LogP contribution < -0.4 is 0 Å². The molecule has 0 atom stereocenters. The lowest BCUT2D eigenvalue weighted by atomic mass is 10.1. The summed E-state index contributed by atoms with van der Waals surface area (Å²) in [5.74, 6) is 0.00232. The molecule has 0 heterocycles. The molecule has 0 fully saturated rings. The van der Waals surface area contributed by atoms with Gasteiger partial charge in [-0.1, -0.05) is 12.1 Å². The summed E-state index contributed by atoms with van der Waals surface area (Å²) in [5.41, 5.74) is 0.688. The number of rotatable bonds is 6. The number of ether oxygens (including phenoxy) is 2. The predicted molar refractivity (Wildman–Crippen MR) is 66.2 cm³/mol. The van der Waals surface area contributed by atoms with E-state index in [9.17, 15) is 4.79 Å². The Bertz CT molecular complexity index is 308. The molecule has 1 aromatic rings. The Morgan fingerprint density at radius 3 is 2.53 bits per heavy atom. The lowest BCUT2D eigenvalue weighted by Crippen LogP contribution is -2.11. The van der Waals surface area contributed by atoms with E-state index in [0.29, 0.717) is 18.8 Å². The van der Waals surface area contributed by atoms with Gasteiger partial charge in [0.15, 0.2) is 5.78 Å². The van der Waals surface area contributed by atoms with Gasteiger partial charge in [0.1, 0.15) is 6.61 Å². The van der Waals surface area contributed by atoms with E-state index >= 15 is 0 Å². The van der Waals surface area contributed by atoms with Crippen LogP contribution >= 0.6 is 22.6 Å². The van der Waals surface area contributed by atoms with E-state index in [-0.39, 0.29) is 12.4 Å². The normalized spacial score (nSPS) is 10.3. The van der Waals surface area contributed by atoms with Crippen LogP contribution in [0, 0.1) is 3.57 Å². The lowest BCUT2D eigenvalue weighted by molar-refractivity contribution is 0.0577. The van der Waals surface area contributed by atoms with Gasteiger partial charge in [0.2, 0.25) is 0 Å². The van der Waals surface area contributed by atoms with Crippen LogP contribution in [-0.4, -0.2) is 32.7 Å². The van der Waals surface area contributed by atoms with Gasteiger partial charge in [0.05, 0.1) is 13.2 Å². The second-order valence-electron chi connectivity index (χ2n) is 2.98. The molecule has 1 rings (SSSR count). The van der Waals surface area contributed by atoms with Gasteiger partial charge >= 0.3 is 0 Å². The molecule has 0 N–H and O–H groups in total. The number of hydrogen-bond acceptors (Lipinski definition) is 3. The zero-order chi connectivity index (χ0) is 11.1. The van der Waals surface area contributed by atoms with Crippen LogP contribution in [0.1, 0.15) is 10.4 Å². The van der Waals surface area contributed by atoms with Crippen LogP contribution in [-0.2, 0) is 9.47 Å². The number of carbonyl (C=O) groups is 1. The maximum absolute atomic E-state index is 11.6. The van der Waals surface area contributed by atoms with Gasteiger partial charge in [-0.25, -0.2) is 0 Å². The third-order valence-electron chi connectivity index (χ3n) is 1.83. The maximum Gasteiger partial charge on any atom is 0.188 e. The minimum Gasteiger partial charge on any atom is -0.382 e. The van der Waals surface area contributed by atoms with E-state index < -0.39 is 0 Å². The second-order valence-corrected chi connectivity index (χ2v) is 4.22. The smallest absolute Gasteiger partial charge is 0.188 e. The fraction of sp³-hybridized carbons (Fsp3) is 0.364. The van der Waals surface area contributed by atoms with Crippen LogP contribution in [0.2, 0.25) is 0 Å². The van der Waals surface area contributed by atoms with Gasteiger partial charge in [-0.3, -0.25) is 4.79 Å². The van der Waals surface area contributed by atoms with Crippen molar-refractivity contribution >= 4 is 28.4 Å². The van der Waals surface area contributed by atoms with E-state index in [1.807, 2.05) is 24.3 Å². The molecule has 4 heteroatoms. The van der Waals surface area contributed by atoms with Gasteiger partial charge in [-0.05, 0) is 34.7 Å². The monoisotopic (exact) mass is 320 g/mol. The zero-order valence-corrected chi connectivity index (χ0v) is 10.7. The van der Waals surface area contributed by atoms with Gasteiger partial charge in [-0.15, -0.1) is 0 Å². The van der Waals surface area contributed by atoms with Crippen LogP contribution in [0.5, 0.6) is 0 Å². The maximum atomic E-state index is 11.6. The first kappa shape index (κ1) is 12.6. The summed E-state index contributed by atoms with van der Waals surface area (Å²) in [5, 5.41) is 0. The Morgan fingerprint density at radius 1 is 1.27 bits per heavy atom. The topological polar surface area (TPSA) is 35.5 Å². The first-order chi connectivity index (χ1) is 7.24. The molecule has 0 unspecified atom stereocenters. The Balaban J connectivity index is 2.37. The number of Topliss-reactive ketones (excluding diaryl/α,β-unsaturated/α-hetero) is 1. The van der Waals surface area contributed by atoms with Crippen molar-refractivity contribution in [1.29, 1.82) is 0 Å². The molecule has 0 saturated carbocycles. The van der Waals surface area contributed by atoms with Crippen molar-refractivity contribution < 1.29 is 14.3 Å². The van der Waals surface area contributed by atoms with Crippen molar-refractivity contribution in [2.45, 2.75) is 0 Å². The molecule has 82 valence electrons. The van der Waals surface area contributed by atoms with E-state index in [0.717, 1.165) is 3.57 Å². The van der Waals surface area contributed by atoms with Gasteiger partial charge in [-0.2, -0.15) is 0 Å². The van der Waals surface area contributed by atoms with Crippen molar-refractivity contribution in [3.05, 3.63) is 33.4 Å². The van der Waals surface area contributed by atoms with Crippen molar-refractivity contribution in [2.75, 3.05) is 26.9 Å². The summed E-state index contributed by atoms with van der Waals surface area (Å²) in [7, 11) is 1.60. The quantitative estimate of drug-likeness (QED) is 0.458. The Kier molecular flexibility index (Phi) is 5.82. The third-order valence-corrected chi connectivity index (χ3v) is 2.55. The largest absolute Gasteiger partial charge is 0.382 e. The number of benzene rings is 1. The number of halogens is 1. The van der Waals surface area contributed by atoms with Crippen LogP contribution in [0.4, 0.5) is 0 Å². The summed E-state index contributed by atoms with van der Waals surface area (Å²) in [6, 6.07) is 7.43. The molecule has 0 aliphatic rings. The summed E-state index contributed by atoms with van der Waals surface area (Å²) >= 11 is 2.20. The Hall–Kier alpha value is -0.460. The SMILES string of the molecule is COCCOCC(=O)c1ccc(I)cc1. The Labute approximate surface area is 103 Å². The van der Waals surface area contributed by atoms with E-state index in [2.05, 4.69) is 22.6 Å². The summed E-state index contributed by atoms with van der Waals surface area (Å²) in [6.45, 7) is 1.08. The van der Waals surface area contributed by atoms with E-state index in [1.165, 1.54) is 0 Å². The first-order valence-electron chi connectivity index (χ1n) is 4.59. The second kappa shape index (κ2) is 6.92. The average Bonchev–Trinajstić information content (AvgIpc) is 2.25. The van der Waals surface area contributed by atoms with Crippen molar-refractivity contribution in [1.82, 2.24) is 0 Å². The molecular weight excluding hydrogens is 307 g/mol. The molecule has 0 bridgehead atoms. The van der Waals surface area contributed by atoms with Crippen LogP contribution in [0.3, 0.4) is 0 Å². The predicted octanol–water partition coefficient (Wildman–Crippen LogP) is 2.14. The highest BCUT2D eigenvalue weighted by Gasteiger charge is 2.04. The molecule has 0 saturated heterocycles. The molecule has 0 aromatic heterocycles. The van der Waals surface area contributed by atoms with Crippen LogP contribution in [0.25, 0.3) is 0 Å². The standard InChI is InChI=1S/C11H13IO3/c1-14-6-7-15-8-11(13)9-2-4-10(12)5-3-9/h2-5H,6-8H2,1H3. The van der Waals surface area contributed by atoms with E-state index in [4.69, 9.17) is 9.47 Å². The minimum absolute atomic E-state index is 0.00232. The zero-order valence-electron chi connectivity index (χ0n) is 8.53. The summed E-state index contributed by atoms with van der Waals surface area (Å²) < 4.78 is 11.1. The first-order valence-corrected chi connectivity index (χ1v) is 5.67. The molecule has 1 aromatic carbocycles. The average molecular weight is 320 g/mol.